The van der Waals surface area contributed by atoms with Gasteiger partial charge in [0.2, 0.25) is 5.91 Å². The summed E-state index contributed by atoms with van der Waals surface area (Å²) in [5.74, 6) is 0.263. The van der Waals surface area contributed by atoms with E-state index in [-0.39, 0.29) is 29.3 Å². The van der Waals surface area contributed by atoms with Crippen molar-refractivity contribution in [3.63, 3.8) is 0 Å². The minimum Gasteiger partial charge on any atom is -0.349 e. The molecule has 1 fully saturated rings. The number of carbonyl (C=O) groups is 2. The SMILES string of the molecule is CCN(CC)C(=O)Nc1ccc([C@@H](C)NC(=O)[C@@H]2CC2(C)C)cc1. The maximum absolute atomic E-state index is 12.2. The van der Waals surface area contributed by atoms with Crippen LogP contribution in [-0.2, 0) is 4.79 Å². The van der Waals surface area contributed by atoms with Crippen LogP contribution < -0.4 is 10.6 Å². The number of rotatable bonds is 6. The zero-order valence-corrected chi connectivity index (χ0v) is 15.3. The number of hydrogen-bond donors (Lipinski definition) is 2. The highest BCUT2D eigenvalue weighted by molar-refractivity contribution is 5.89. The Bertz CT molecular complexity index is 591. The predicted octanol–water partition coefficient (Wildman–Crippen LogP) is 3.78. The lowest BCUT2D eigenvalue weighted by Crippen LogP contribution is -2.34. The van der Waals surface area contributed by atoms with Gasteiger partial charge in [0, 0.05) is 24.7 Å². The molecule has 0 saturated heterocycles. The monoisotopic (exact) mass is 331 g/mol. The van der Waals surface area contributed by atoms with Crippen molar-refractivity contribution < 1.29 is 9.59 Å². The van der Waals surface area contributed by atoms with Gasteiger partial charge in [0.25, 0.3) is 0 Å². The average molecular weight is 331 g/mol. The van der Waals surface area contributed by atoms with Gasteiger partial charge in [-0.3, -0.25) is 4.79 Å². The lowest BCUT2D eigenvalue weighted by Gasteiger charge is -2.20. The fourth-order valence-electron chi connectivity index (χ4n) is 2.88. The molecule has 0 radical (unpaired) electrons. The standard InChI is InChI=1S/C19H29N3O2/c1-6-22(7-2)18(24)21-15-10-8-14(9-11-15)13(3)20-17(23)16-12-19(16,4)5/h8-11,13,16H,6-7,12H2,1-5H3,(H,20,23)(H,21,24)/t13-,16+/m1/s1. The van der Waals surface area contributed by atoms with Crippen molar-refractivity contribution in [2.45, 2.75) is 47.1 Å². The van der Waals surface area contributed by atoms with Crippen molar-refractivity contribution in [3.05, 3.63) is 29.8 Å². The van der Waals surface area contributed by atoms with Crippen LogP contribution in [0.2, 0.25) is 0 Å². The van der Waals surface area contributed by atoms with Crippen LogP contribution in [0.5, 0.6) is 0 Å². The highest BCUT2D eigenvalue weighted by atomic mass is 16.2. The average Bonchev–Trinajstić information content (AvgIpc) is 3.18. The quantitative estimate of drug-likeness (QED) is 0.833. The van der Waals surface area contributed by atoms with Crippen LogP contribution in [0.1, 0.15) is 52.6 Å². The van der Waals surface area contributed by atoms with Crippen LogP contribution in [0, 0.1) is 11.3 Å². The summed E-state index contributed by atoms with van der Waals surface area (Å²) in [6, 6.07) is 7.51. The third kappa shape index (κ3) is 4.28. The maximum Gasteiger partial charge on any atom is 0.321 e. The Morgan fingerprint density at radius 3 is 2.21 bits per heavy atom. The lowest BCUT2D eigenvalue weighted by atomic mass is 10.1. The molecule has 0 heterocycles. The van der Waals surface area contributed by atoms with Crippen molar-refractivity contribution >= 4 is 17.6 Å². The Morgan fingerprint density at radius 1 is 1.21 bits per heavy atom. The molecule has 1 aromatic carbocycles. The van der Waals surface area contributed by atoms with E-state index in [0.29, 0.717) is 13.1 Å². The lowest BCUT2D eigenvalue weighted by molar-refractivity contribution is -0.123. The zero-order valence-electron chi connectivity index (χ0n) is 15.3. The summed E-state index contributed by atoms with van der Waals surface area (Å²) in [6.07, 6.45) is 0.960. The molecule has 2 atom stereocenters. The molecule has 0 aliphatic heterocycles. The molecule has 132 valence electrons. The van der Waals surface area contributed by atoms with E-state index >= 15 is 0 Å². The molecular formula is C19H29N3O2. The molecular weight excluding hydrogens is 302 g/mol. The van der Waals surface area contributed by atoms with Gasteiger partial charge < -0.3 is 15.5 Å². The van der Waals surface area contributed by atoms with Gasteiger partial charge >= 0.3 is 6.03 Å². The predicted molar refractivity (Wildman–Crippen MR) is 96.8 cm³/mol. The fourth-order valence-corrected chi connectivity index (χ4v) is 2.88. The van der Waals surface area contributed by atoms with Crippen LogP contribution in [0.4, 0.5) is 10.5 Å². The van der Waals surface area contributed by atoms with Gasteiger partial charge in [-0.15, -0.1) is 0 Å². The normalized spacial score (nSPS) is 19.3. The van der Waals surface area contributed by atoms with E-state index in [4.69, 9.17) is 0 Å². The third-order valence-corrected chi connectivity index (χ3v) is 4.90. The van der Waals surface area contributed by atoms with Crippen LogP contribution in [-0.4, -0.2) is 29.9 Å². The number of urea groups is 1. The summed E-state index contributed by atoms with van der Waals surface area (Å²) in [7, 11) is 0. The van der Waals surface area contributed by atoms with Crippen molar-refractivity contribution in [2.75, 3.05) is 18.4 Å². The zero-order chi connectivity index (χ0) is 17.9. The first-order chi connectivity index (χ1) is 11.3. The van der Waals surface area contributed by atoms with Gasteiger partial charge in [-0.25, -0.2) is 4.79 Å². The van der Waals surface area contributed by atoms with E-state index in [0.717, 1.165) is 17.7 Å². The molecule has 1 saturated carbocycles. The Hall–Kier alpha value is -2.04. The Labute approximate surface area is 144 Å². The smallest absolute Gasteiger partial charge is 0.321 e. The van der Waals surface area contributed by atoms with Gasteiger partial charge in [-0.05, 0) is 50.3 Å². The van der Waals surface area contributed by atoms with Crippen molar-refractivity contribution in [1.82, 2.24) is 10.2 Å². The minimum atomic E-state index is -0.0925. The highest BCUT2D eigenvalue weighted by Crippen LogP contribution is 2.51. The second-order valence-electron chi connectivity index (χ2n) is 7.20. The topological polar surface area (TPSA) is 61.4 Å². The number of anilines is 1. The second kappa shape index (κ2) is 7.24. The molecule has 0 spiro atoms. The first kappa shape index (κ1) is 18.3. The molecule has 1 aromatic rings. The molecule has 24 heavy (non-hydrogen) atoms. The molecule has 0 aromatic heterocycles. The van der Waals surface area contributed by atoms with E-state index in [9.17, 15) is 9.59 Å². The number of amides is 3. The summed E-state index contributed by atoms with van der Waals surface area (Å²) >= 11 is 0. The molecule has 2 rings (SSSR count). The van der Waals surface area contributed by atoms with Crippen LogP contribution in [0.3, 0.4) is 0 Å². The highest BCUT2D eigenvalue weighted by Gasteiger charge is 2.50. The summed E-state index contributed by atoms with van der Waals surface area (Å²) in [4.78, 5) is 26.0. The molecule has 0 unspecified atom stereocenters. The van der Waals surface area contributed by atoms with E-state index in [1.54, 1.807) is 4.90 Å². The Morgan fingerprint density at radius 2 is 1.75 bits per heavy atom. The van der Waals surface area contributed by atoms with Crippen molar-refractivity contribution in [1.29, 1.82) is 0 Å². The number of nitrogens with one attached hydrogen (secondary N) is 2. The van der Waals surface area contributed by atoms with Gasteiger partial charge in [-0.1, -0.05) is 26.0 Å². The van der Waals surface area contributed by atoms with Crippen LogP contribution in [0.25, 0.3) is 0 Å². The first-order valence-corrected chi connectivity index (χ1v) is 8.74. The number of benzene rings is 1. The first-order valence-electron chi connectivity index (χ1n) is 8.74. The molecule has 5 nitrogen and oxygen atoms in total. The Kier molecular flexibility index (Phi) is 5.52. The van der Waals surface area contributed by atoms with E-state index in [2.05, 4.69) is 24.5 Å². The van der Waals surface area contributed by atoms with E-state index < -0.39 is 0 Å². The number of carbonyl (C=O) groups excluding carboxylic acids is 2. The third-order valence-electron chi connectivity index (χ3n) is 4.90. The summed E-state index contributed by atoms with van der Waals surface area (Å²) in [5.41, 5.74) is 1.93. The maximum atomic E-state index is 12.2. The molecule has 5 heteroatoms. The van der Waals surface area contributed by atoms with Crippen LogP contribution in [0.15, 0.2) is 24.3 Å². The van der Waals surface area contributed by atoms with E-state index in [1.165, 1.54) is 0 Å². The fraction of sp³-hybridized carbons (Fsp3) is 0.579. The molecule has 3 amide bonds. The summed E-state index contributed by atoms with van der Waals surface area (Å²) in [6.45, 7) is 11.5. The Balaban J connectivity index is 1.91. The molecule has 1 aliphatic carbocycles. The van der Waals surface area contributed by atoms with Crippen molar-refractivity contribution in [3.8, 4) is 0 Å². The van der Waals surface area contributed by atoms with Gasteiger partial charge in [0.15, 0.2) is 0 Å². The van der Waals surface area contributed by atoms with Gasteiger partial charge in [0.1, 0.15) is 0 Å². The van der Waals surface area contributed by atoms with Gasteiger partial charge in [0.05, 0.1) is 6.04 Å². The molecule has 1 aliphatic rings. The minimum absolute atomic E-state index is 0.0403. The summed E-state index contributed by atoms with van der Waals surface area (Å²) in [5, 5.41) is 5.97. The van der Waals surface area contributed by atoms with Gasteiger partial charge in [-0.2, -0.15) is 0 Å². The molecule has 0 bridgehead atoms. The number of hydrogen-bond acceptors (Lipinski definition) is 2. The number of nitrogens with zero attached hydrogens (tertiary/aromatic N) is 1. The summed E-state index contributed by atoms with van der Waals surface area (Å²) < 4.78 is 0. The second-order valence-corrected chi connectivity index (χ2v) is 7.20. The van der Waals surface area contributed by atoms with Crippen molar-refractivity contribution in [2.24, 2.45) is 11.3 Å². The van der Waals surface area contributed by atoms with Crippen LogP contribution >= 0.6 is 0 Å². The van der Waals surface area contributed by atoms with E-state index in [1.807, 2.05) is 45.0 Å². The largest absolute Gasteiger partial charge is 0.349 e. The molecule has 2 N–H and O–H groups in total.